The van der Waals surface area contributed by atoms with Gasteiger partial charge in [-0.15, -0.1) is 11.3 Å². The highest BCUT2D eigenvalue weighted by atomic mass is 35.5. The molecule has 252 valence electrons. The van der Waals surface area contributed by atoms with Crippen molar-refractivity contribution >= 4 is 52.3 Å². The van der Waals surface area contributed by atoms with Crippen molar-refractivity contribution in [1.29, 1.82) is 0 Å². The van der Waals surface area contributed by atoms with E-state index in [0.717, 1.165) is 37.3 Å². The number of anilines is 1. The number of carbonyl (C=O) groups is 2. The fourth-order valence-corrected chi connectivity index (χ4v) is 7.57. The van der Waals surface area contributed by atoms with Crippen LogP contribution >= 0.6 is 34.5 Å². The molecule has 3 saturated heterocycles. The summed E-state index contributed by atoms with van der Waals surface area (Å²) in [5, 5.41) is 0.668. The SMILES string of the molecule is COc1ccc([C@H](Cc2c(Cl)cncc2Cl)OC(=O)c2ccc(CN(C(=O)O[C@@H]3CN4CCC3CC4)c3ccccc3F)s2)cc1OC. The van der Waals surface area contributed by atoms with Crippen LogP contribution in [0.2, 0.25) is 10.0 Å². The predicted molar refractivity (Wildman–Crippen MR) is 182 cm³/mol. The Bertz CT molecular complexity index is 1760. The molecule has 0 spiro atoms. The number of hydrogen-bond acceptors (Lipinski definition) is 9. The average molecular weight is 715 g/mol. The van der Waals surface area contributed by atoms with Crippen LogP contribution in [0.1, 0.15) is 44.6 Å². The largest absolute Gasteiger partial charge is 0.493 e. The molecule has 3 aliphatic heterocycles. The Hall–Kier alpha value is -3.90. The number of para-hydroxylation sites is 1. The second-order valence-corrected chi connectivity index (χ2v) is 13.6. The molecule has 5 heterocycles. The molecular formula is C35H34Cl2FN3O6S. The van der Waals surface area contributed by atoms with Gasteiger partial charge in [0.15, 0.2) is 11.5 Å². The number of fused-ring (bicyclic) bond motifs is 3. The third-order valence-corrected chi connectivity index (χ3v) is 10.5. The first kappa shape index (κ1) is 34.0. The van der Waals surface area contributed by atoms with Crippen molar-refractivity contribution in [3.63, 3.8) is 0 Å². The van der Waals surface area contributed by atoms with Gasteiger partial charge in [-0.05, 0) is 79.4 Å². The molecule has 1 amide bonds. The number of ether oxygens (including phenoxy) is 4. The van der Waals surface area contributed by atoms with Crippen LogP contribution in [0.3, 0.4) is 0 Å². The molecule has 0 unspecified atom stereocenters. The lowest BCUT2D eigenvalue weighted by Crippen LogP contribution is -2.53. The van der Waals surface area contributed by atoms with E-state index in [4.69, 9.17) is 42.1 Å². The van der Waals surface area contributed by atoms with Gasteiger partial charge in [-0.1, -0.05) is 41.4 Å². The summed E-state index contributed by atoms with van der Waals surface area (Å²) in [5.41, 5.74) is 1.29. The minimum Gasteiger partial charge on any atom is -0.493 e. The number of methoxy groups -OCH3 is 2. The number of pyridine rings is 1. The van der Waals surface area contributed by atoms with E-state index >= 15 is 4.39 Å². The van der Waals surface area contributed by atoms with E-state index in [0.29, 0.717) is 54.9 Å². The molecule has 2 atom stereocenters. The highest BCUT2D eigenvalue weighted by Crippen LogP contribution is 2.37. The standard InChI is InChI=1S/C35H34Cl2FN3O6S/c1-44-29-9-7-22(15-31(29)45-2)30(16-24-25(36)17-39-18-26(24)37)46-34(42)33-10-8-23(48-33)19-41(28-6-4-3-5-27(28)38)35(43)47-32-20-40-13-11-21(32)12-14-40/h3-10,15,17-18,21,30,32H,11-14,16,19-20H2,1-2H3/t30-,32+/m0/s1. The molecule has 4 aromatic rings. The first-order valence-corrected chi connectivity index (χ1v) is 17.1. The molecule has 0 saturated carbocycles. The quantitative estimate of drug-likeness (QED) is 0.145. The zero-order valence-electron chi connectivity index (χ0n) is 26.4. The highest BCUT2D eigenvalue weighted by Gasteiger charge is 2.38. The molecule has 9 nitrogen and oxygen atoms in total. The van der Waals surface area contributed by atoms with Gasteiger partial charge in [0.05, 0.1) is 36.5 Å². The number of halogens is 3. The summed E-state index contributed by atoms with van der Waals surface area (Å²) in [4.78, 5) is 35.8. The van der Waals surface area contributed by atoms with Crippen LogP contribution in [0.4, 0.5) is 14.9 Å². The molecule has 2 aromatic carbocycles. The summed E-state index contributed by atoms with van der Waals surface area (Å²) in [6.45, 7) is 2.67. The summed E-state index contributed by atoms with van der Waals surface area (Å²) >= 11 is 14.0. The van der Waals surface area contributed by atoms with Crippen LogP contribution < -0.4 is 14.4 Å². The van der Waals surface area contributed by atoms with E-state index < -0.39 is 24.0 Å². The molecule has 3 aliphatic rings. The topological polar surface area (TPSA) is 90.4 Å². The molecule has 0 radical (unpaired) electrons. The molecule has 13 heteroatoms. The summed E-state index contributed by atoms with van der Waals surface area (Å²) < 4.78 is 38.0. The van der Waals surface area contributed by atoms with Gasteiger partial charge in [-0.2, -0.15) is 0 Å². The molecule has 2 bridgehead atoms. The van der Waals surface area contributed by atoms with Gasteiger partial charge >= 0.3 is 12.1 Å². The third kappa shape index (κ3) is 7.54. The normalized spacial score (nSPS) is 19.0. The number of hydrogen-bond donors (Lipinski definition) is 0. The Kier molecular flexibility index (Phi) is 10.7. The van der Waals surface area contributed by atoms with Gasteiger partial charge in [0.1, 0.15) is 22.9 Å². The average Bonchev–Trinajstić information content (AvgIpc) is 3.58. The van der Waals surface area contributed by atoms with Crippen molar-refractivity contribution in [1.82, 2.24) is 9.88 Å². The lowest BCUT2D eigenvalue weighted by molar-refractivity contribution is -0.0311. The van der Waals surface area contributed by atoms with Crippen molar-refractivity contribution < 1.29 is 32.9 Å². The maximum Gasteiger partial charge on any atom is 0.415 e. The third-order valence-electron chi connectivity index (χ3n) is 8.76. The summed E-state index contributed by atoms with van der Waals surface area (Å²) in [6.07, 6.45) is 3.36. The number of rotatable bonds is 11. The van der Waals surface area contributed by atoms with E-state index in [1.807, 2.05) is 0 Å². The van der Waals surface area contributed by atoms with Crippen LogP contribution in [0, 0.1) is 11.7 Å². The predicted octanol–water partition coefficient (Wildman–Crippen LogP) is 7.98. The van der Waals surface area contributed by atoms with E-state index in [9.17, 15) is 9.59 Å². The molecular weight excluding hydrogens is 680 g/mol. The molecule has 2 aromatic heterocycles. The van der Waals surface area contributed by atoms with Crippen molar-refractivity contribution in [2.24, 2.45) is 5.92 Å². The fraction of sp³-hybridized carbons (Fsp3) is 0.343. The molecule has 7 rings (SSSR count). The van der Waals surface area contributed by atoms with Crippen LogP contribution in [-0.2, 0) is 22.4 Å². The molecule has 0 aliphatic carbocycles. The zero-order valence-corrected chi connectivity index (χ0v) is 28.7. The summed E-state index contributed by atoms with van der Waals surface area (Å²) in [5.74, 6) is 0.117. The minimum absolute atomic E-state index is 0.000152. The van der Waals surface area contributed by atoms with E-state index in [1.165, 1.54) is 37.6 Å². The Labute approximate surface area is 292 Å². The van der Waals surface area contributed by atoms with Crippen LogP contribution in [-0.4, -0.2) is 61.9 Å². The second kappa shape index (κ2) is 15.1. The number of carbonyl (C=O) groups excluding carboxylic acids is 2. The second-order valence-electron chi connectivity index (χ2n) is 11.7. The van der Waals surface area contributed by atoms with Gasteiger partial charge < -0.3 is 18.9 Å². The first-order valence-electron chi connectivity index (χ1n) is 15.5. The number of nitrogens with zero attached hydrogens (tertiary/aromatic N) is 3. The van der Waals surface area contributed by atoms with Gasteiger partial charge in [0, 0.05) is 30.2 Å². The zero-order chi connectivity index (χ0) is 33.8. The highest BCUT2D eigenvalue weighted by molar-refractivity contribution is 7.14. The number of benzene rings is 2. The van der Waals surface area contributed by atoms with Gasteiger partial charge in [0.2, 0.25) is 0 Å². The Morgan fingerprint density at radius 2 is 1.75 bits per heavy atom. The van der Waals surface area contributed by atoms with Crippen LogP contribution in [0.25, 0.3) is 0 Å². The van der Waals surface area contributed by atoms with E-state index in [1.54, 1.807) is 48.5 Å². The van der Waals surface area contributed by atoms with Crippen molar-refractivity contribution in [2.75, 3.05) is 38.8 Å². The summed E-state index contributed by atoms with van der Waals surface area (Å²) in [7, 11) is 3.05. The fourth-order valence-electron chi connectivity index (χ4n) is 6.17. The van der Waals surface area contributed by atoms with Gasteiger partial charge in [-0.25, -0.2) is 14.0 Å². The maximum atomic E-state index is 15.0. The Morgan fingerprint density at radius 1 is 1.02 bits per heavy atom. The van der Waals surface area contributed by atoms with Crippen LogP contribution in [0.5, 0.6) is 11.5 Å². The number of amides is 1. The Balaban J connectivity index is 1.23. The van der Waals surface area contributed by atoms with Crippen molar-refractivity contribution in [2.45, 2.75) is 38.0 Å². The van der Waals surface area contributed by atoms with Gasteiger partial charge in [0.25, 0.3) is 0 Å². The van der Waals surface area contributed by atoms with E-state index in [2.05, 4.69) is 9.88 Å². The van der Waals surface area contributed by atoms with Crippen molar-refractivity contribution in [3.05, 3.63) is 104 Å². The monoisotopic (exact) mass is 713 g/mol. The van der Waals surface area contributed by atoms with Crippen LogP contribution in [0.15, 0.2) is 67.0 Å². The van der Waals surface area contributed by atoms with Crippen molar-refractivity contribution in [3.8, 4) is 11.5 Å². The number of aromatic nitrogens is 1. The molecule has 3 fully saturated rings. The minimum atomic E-state index is -0.813. The number of esters is 1. The lowest BCUT2D eigenvalue weighted by Gasteiger charge is -2.44. The Morgan fingerprint density at radius 3 is 2.42 bits per heavy atom. The van der Waals surface area contributed by atoms with Gasteiger partial charge in [-0.3, -0.25) is 14.8 Å². The lowest BCUT2D eigenvalue weighted by atomic mass is 9.86. The smallest absolute Gasteiger partial charge is 0.415 e. The van der Waals surface area contributed by atoms with E-state index in [-0.39, 0.29) is 24.8 Å². The molecule has 0 N–H and O–H groups in total. The first-order chi connectivity index (χ1) is 23.2. The maximum absolute atomic E-state index is 15.0. The number of thiophene rings is 1. The molecule has 48 heavy (non-hydrogen) atoms. The summed E-state index contributed by atoms with van der Waals surface area (Å²) in [6, 6.07) is 14.6. The number of piperidine rings is 3.